The number of thioether (sulfide) groups is 1. The van der Waals surface area contributed by atoms with Crippen LogP contribution in [0, 0.1) is 10.1 Å². The van der Waals surface area contributed by atoms with E-state index < -0.39 is 4.92 Å². The Morgan fingerprint density at radius 2 is 2.07 bits per heavy atom. The fraction of sp³-hybridized carbons (Fsp3) is 0.368. The summed E-state index contributed by atoms with van der Waals surface area (Å²) in [4.78, 5) is 29.3. The van der Waals surface area contributed by atoms with Crippen molar-refractivity contribution in [3.05, 3.63) is 52.4 Å². The number of nitro benzene ring substituents is 1. The molecule has 0 aliphatic heterocycles. The number of benzene rings is 1. The number of rotatable bonds is 8. The summed E-state index contributed by atoms with van der Waals surface area (Å²) in [5.41, 5.74) is 1.53. The molecule has 0 N–H and O–H groups in total. The van der Waals surface area contributed by atoms with Crippen LogP contribution in [-0.4, -0.2) is 33.4 Å². The summed E-state index contributed by atoms with van der Waals surface area (Å²) in [6.07, 6.45) is 6.60. The summed E-state index contributed by atoms with van der Waals surface area (Å²) in [6.45, 7) is 4.16. The van der Waals surface area contributed by atoms with Crippen molar-refractivity contribution in [1.29, 1.82) is 0 Å². The molecule has 3 rings (SSSR count). The molecule has 27 heavy (non-hydrogen) atoms. The smallest absolute Gasteiger partial charge is 0.269 e. The minimum Gasteiger partial charge on any atom is -0.284 e. The third-order valence-electron chi connectivity index (χ3n) is 4.45. The number of nitrogens with zero attached hydrogens (tertiary/aromatic N) is 3. The fourth-order valence-corrected chi connectivity index (χ4v) is 5.07. The van der Waals surface area contributed by atoms with Gasteiger partial charge in [0.25, 0.3) is 5.69 Å². The van der Waals surface area contributed by atoms with Crippen LogP contribution in [0.3, 0.4) is 0 Å². The second-order valence-electron chi connectivity index (χ2n) is 6.33. The maximum atomic E-state index is 12.7. The molecular formula is C19H21N3O3S2. The predicted molar refractivity (Wildman–Crippen MR) is 111 cm³/mol. The Labute approximate surface area is 166 Å². The first-order valence-corrected chi connectivity index (χ1v) is 10.7. The Bertz CT molecular complexity index is 814. The van der Waals surface area contributed by atoms with Gasteiger partial charge in [-0.05, 0) is 25.0 Å². The number of carbonyl (C=O) groups is 1. The summed E-state index contributed by atoms with van der Waals surface area (Å²) in [5.74, 6) is 0.488. The molecule has 2 aromatic rings. The molecule has 1 aliphatic carbocycles. The van der Waals surface area contributed by atoms with Crippen LogP contribution in [0.5, 0.6) is 0 Å². The largest absolute Gasteiger partial charge is 0.284 e. The minimum absolute atomic E-state index is 0.0383. The molecule has 8 heteroatoms. The van der Waals surface area contributed by atoms with Crippen molar-refractivity contribution < 1.29 is 9.72 Å². The lowest BCUT2D eigenvalue weighted by atomic mass is 10.1. The van der Waals surface area contributed by atoms with E-state index in [9.17, 15) is 14.9 Å². The summed E-state index contributed by atoms with van der Waals surface area (Å²) in [7, 11) is 0. The SMILES string of the molecule is C=CCN(C(=O)CSC1CCCC1)c1nc(-c2ccc([N+](=O)[O-])cc2)cs1. The number of carbonyl (C=O) groups excluding carboxylic acids is 1. The molecule has 1 heterocycles. The highest BCUT2D eigenvalue weighted by Crippen LogP contribution is 2.31. The molecule has 1 aliphatic rings. The van der Waals surface area contributed by atoms with Crippen molar-refractivity contribution in [1.82, 2.24) is 4.98 Å². The molecule has 1 amide bonds. The van der Waals surface area contributed by atoms with Crippen molar-refractivity contribution in [3.8, 4) is 11.3 Å². The molecule has 0 unspecified atom stereocenters. The zero-order valence-electron chi connectivity index (χ0n) is 14.9. The molecule has 1 aromatic heterocycles. The highest BCUT2D eigenvalue weighted by Gasteiger charge is 2.22. The molecule has 142 valence electrons. The van der Waals surface area contributed by atoms with E-state index in [1.54, 1.807) is 34.9 Å². The monoisotopic (exact) mass is 403 g/mol. The average molecular weight is 404 g/mol. The van der Waals surface area contributed by atoms with Crippen LogP contribution in [-0.2, 0) is 4.79 Å². The third kappa shape index (κ3) is 4.95. The molecule has 0 spiro atoms. The molecule has 1 fully saturated rings. The lowest BCUT2D eigenvalue weighted by molar-refractivity contribution is -0.384. The Kier molecular flexibility index (Phi) is 6.63. The standard InChI is InChI=1S/C19H21N3O3S2/c1-2-11-21(18(23)13-26-16-5-3-4-6-16)19-20-17(12-27-19)14-7-9-15(10-8-14)22(24)25/h2,7-10,12,16H,1,3-6,11,13H2. The van der Waals surface area contributed by atoms with Crippen molar-refractivity contribution >= 4 is 39.8 Å². The fourth-order valence-electron chi connectivity index (χ4n) is 3.01. The van der Waals surface area contributed by atoms with Gasteiger partial charge in [-0.1, -0.05) is 18.9 Å². The first-order valence-electron chi connectivity index (χ1n) is 8.81. The van der Waals surface area contributed by atoms with Crippen molar-refractivity contribution in [3.63, 3.8) is 0 Å². The van der Waals surface area contributed by atoms with Crippen LogP contribution >= 0.6 is 23.1 Å². The number of hydrogen-bond donors (Lipinski definition) is 0. The number of thiazole rings is 1. The van der Waals surface area contributed by atoms with Crippen LogP contribution in [0.25, 0.3) is 11.3 Å². The number of anilines is 1. The highest BCUT2D eigenvalue weighted by atomic mass is 32.2. The maximum absolute atomic E-state index is 12.7. The van der Waals surface area contributed by atoms with Gasteiger partial charge in [-0.3, -0.25) is 19.8 Å². The van der Waals surface area contributed by atoms with E-state index in [0.29, 0.717) is 28.4 Å². The van der Waals surface area contributed by atoms with E-state index in [1.807, 2.05) is 5.38 Å². The number of aromatic nitrogens is 1. The summed E-state index contributed by atoms with van der Waals surface area (Å²) in [6, 6.07) is 6.26. The van der Waals surface area contributed by atoms with Gasteiger partial charge in [0.15, 0.2) is 5.13 Å². The maximum Gasteiger partial charge on any atom is 0.269 e. The van der Waals surface area contributed by atoms with Gasteiger partial charge in [-0.25, -0.2) is 4.98 Å². The molecule has 0 radical (unpaired) electrons. The third-order valence-corrected chi connectivity index (χ3v) is 6.67. The van der Waals surface area contributed by atoms with Crippen LogP contribution in [0.4, 0.5) is 10.8 Å². The molecule has 1 saturated carbocycles. The van der Waals surface area contributed by atoms with Gasteiger partial charge in [0.05, 0.1) is 16.4 Å². The molecule has 0 atom stereocenters. The van der Waals surface area contributed by atoms with Crippen molar-refractivity contribution in [2.45, 2.75) is 30.9 Å². The van der Waals surface area contributed by atoms with Crippen molar-refractivity contribution in [2.75, 3.05) is 17.2 Å². The first-order chi connectivity index (χ1) is 13.1. The molecule has 0 saturated heterocycles. The average Bonchev–Trinajstić information content (AvgIpc) is 3.36. The van der Waals surface area contributed by atoms with Gasteiger partial charge >= 0.3 is 0 Å². The van der Waals surface area contributed by atoms with E-state index in [1.165, 1.54) is 49.2 Å². The minimum atomic E-state index is -0.428. The van der Waals surface area contributed by atoms with Gasteiger partial charge in [0.1, 0.15) is 0 Å². The van der Waals surface area contributed by atoms with Gasteiger partial charge in [0.2, 0.25) is 5.91 Å². The van der Waals surface area contributed by atoms with E-state index in [2.05, 4.69) is 11.6 Å². The predicted octanol–water partition coefficient (Wildman–Crippen LogP) is 4.91. The Balaban J connectivity index is 1.71. The van der Waals surface area contributed by atoms with Crippen LogP contribution in [0.15, 0.2) is 42.3 Å². The van der Waals surface area contributed by atoms with Crippen LogP contribution in [0.1, 0.15) is 25.7 Å². The van der Waals surface area contributed by atoms with E-state index in [0.717, 1.165) is 5.56 Å². The van der Waals surface area contributed by atoms with Gasteiger partial charge in [-0.15, -0.1) is 29.7 Å². The first kappa shape index (κ1) is 19.6. The van der Waals surface area contributed by atoms with Gasteiger partial charge in [-0.2, -0.15) is 0 Å². The quantitative estimate of drug-likeness (QED) is 0.355. The second kappa shape index (κ2) is 9.14. The number of hydrogen-bond acceptors (Lipinski definition) is 6. The molecular weight excluding hydrogens is 382 g/mol. The molecule has 1 aromatic carbocycles. The van der Waals surface area contributed by atoms with E-state index in [-0.39, 0.29) is 11.6 Å². The lowest BCUT2D eigenvalue weighted by Crippen LogP contribution is -2.32. The van der Waals surface area contributed by atoms with E-state index in [4.69, 9.17) is 0 Å². The lowest BCUT2D eigenvalue weighted by Gasteiger charge is -2.19. The zero-order chi connectivity index (χ0) is 19.2. The van der Waals surface area contributed by atoms with Crippen LogP contribution < -0.4 is 4.90 Å². The highest BCUT2D eigenvalue weighted by molar-refractivity contribution is 8.00. The molecule has 6 nitrogen and oxygen atoms in total. The van der Waals surface area contributed by atoms with E-state index >= 15 is 0 Å². The van der Waals surface area contributed by atoms with Gasteiger partial charge < -0.3 is 0 Å². The number of amides is 1. The molecule has 0 bridgehead atoms. The Morgan fingerprint density at radius 3 is 2.70 bits per heavy atom. The zero-order valence-corrected chi connectivity index (χ0v) is 16.5. The normalized spacial score (nSPS) is 14.2. The Morgan fingerprint density at radius 1 is 1.37 bits per heavy atom. The van der Waals surface area contributed by atoms with Crippen molar-refractivity contribution in [2.24, 2.45) is 0 Å². The summed E-state index contributed by atoms with van der Waals surface area (Å²) >= 11 is 3.13. The van der Waals surface area contributed by atoms with Gasteiger partial charge in [0, 0.05) is 34.9 Å². The van der Waals surface area contributed by atoms with Crippen LogP contribution in [0.2, 0.25) is 0 Å². The summed E-state index contributed by atoms with van der Waals surface area (Å²) in [5, 5.41) is 13.9. The Hall–Kier alpha value is -2.19. The second-order valence-corrected chi connectivity index (χ2v) is 8.46. The summed E-state index contributed by atoms with van der Waals surface area (Å²) < 4.78 is 0. The number of non-ortho nitro benzene ring substituents is 1. The number of nitro groups is 1. The topological polar surface area (TPSA) is 76.3 Å².